The van der Waals surface area contributed by atoms with Crippen LogP contribution < -0.4 is 5.32 Å². The molecule has 2 N–H and O–H groups in total. The average molecular weight is 337 g/mol. The van der Waals surface area contributed by atoms with Crippen molar-refractivity contribution < 1.29 is 14.7 Å². The molecule has 0 bridgehead atoms. The normalized spacial score (nSPS) is 22.0. The van der Waals surface area contributed by atoms with Crippen molar-refractivity contribution in [3.8, 4) is 0 Å². The molecule has 2 fully saturated rings. The summed E-state index contributed by atoms with van der Waals surface area (Å²) in [6, 6.07) is 7.65. The van der Waals surface area contributed by atoms with Crippen molar-refractivity contribution in [2.24, 2.45) is 11.8 Å². The Labute approximate surface area is 140 Å². The minimum Gasteiger partial charge on any atom is -0.481 e. The number of hydrogen-bond donors (Lipinski definition) is 2. The molecule has 5 nitrogen and oxygen atoms in total. The number of aliphatic carboxylic acids is 1. The molecule has 1 aromatic rings. The van der Waals surface area contributed by atoms with E-state index in [4.69, 9.17) is 16.7 Å². The van der Waals surface area contributed by atoms with Crippen LogP contribution in [0, 0.1) is 11.8 Å². The van der Waals surface area contributed by atoms with Gasteiger partial charge in [-0.25, -0.2) is 4.79 Å². The first-order valence-electron chi connectivity index (χ1n) is 8.05. The lowest BCUT2D eigenvalue weighted by atomic mass is 9.94. The highest BCUT2D eigenvalue weighted by molar-refractivity contribution is 6.30. The highest BCUT2D eigenvalue weighted by Crippen LogP contribution is 2.42. The largest absolute Gasteiger partial charge is 0.481 e. The van der Waals surface area contributed by atoms with Gasteiger partial charge in [0, 0.05) is 30.6 Å². The fraction of sp³-hybridized carbons (Fsp3) is 0.529. The SMILES string of the molecule is O=C(O)C1CCN(C(=O)NCC(c2ccc(Cl)cc2)C2CC2)C1. The van der Waals surface area contributed by atoms with E-state index in [0.29, 0.717) is 42.9 Å². The third-order valence-corrected chi connectivity index (χ3v) is 5.04. The molecule has 0 aromatic heterocycles. The summed E-state index contributed by atoms with van der Waals surface area (Å²) < 4.78 is 0. The standard InChI is InChI=1S/C17H21ClN2O3/c18-14-5-3-12(4-6-14)15(11-1-2-11)9-19-17(23)20-8-7-13(10-20)16(21)22/h3-6,11,13,15H,1-2,7-10H2,(H,19,23)(H,21,22). The molecule has 1 heterocycles. The summed E-state index contributed by atoms with van der Waals surface area (Å²) in [6.45, 7) is 1.40. The van der Waals surface area contributed by atoms with Crippen LogP contribution in [0.3, 0.4) is 0 Å². The van der Waals surface area contributed by atoms with Gasteiger partial charge in [-0.2, -0.15) is 0 Å². The van der Waals surface area contributed by atoms with E-state index >= 15 is 0 Å². The maximum absolute atomic E-state index is 12.2. The third-order valence-electron chi connectivity index (χ3n) is 4.79. The predicted molar refractivity (Wildman–Crippen MR) is 87.6 cm³/mol. The summed E-state index contributed by atoms with van der Waals surface area (Å²) in [4.78, 5) is 24.8. The molecule has 0 radical (unpaired) electrons. The Morgan fingerprint density at radius 2 is 1.96 bits per heavy atom. The van der Waals surface area contributed by atoms with Gasteiger partial charge in [-0.15, -0.1) is 0 Å². The summed E-state index contributed by atoms with van der Waals surface area (Å²) in [6.07, 6.45) is 2.91. The summed E-state index contributed by atoms with van der Waals surface area (Å²) in [7, 11) is 0. The summed E-state index contributed by atoms with van der Waals surface area (Å²) in [5, 5.41) is 12.7. The van der Waals surface area contributed by atoms with Crippen LogP contribution >= 0.6 is 11.6 Å². The molecular formula is C17H21ClN2O3. The predicted octanol–water partition coefficient (Wildman–Crippen LogP) is 2.95. The maximum atomic E-state index is 12.2. The molecule has 0 spiro atoms. The Bertz CT molecular complexity index is 586. The minimum absolute atomic E-state index is 0.159. The van der Waals surface area contributed by atoms with Crippen LogP contribution in [0.1, 0.15) is 30.7 Å². The second kappa shape index (κ2) is 6.79. The van der Waals surface area contributed by atoms with Crippen molar-refractivity contribution in [2.45, 2.75) is 25.2 Å². The number of carbonyl (C=O) groups excluding carboxylic acids is 1. The number of benzene rings is 1. The Kier molecular flexibility index (Phi) is 4.76. The molecule has 2 aliphatic rings. The average Bonchev–Trinajstić information content (AvgIpc) is 3.23. The molecule has 1 saturated heterocycles. The van der Waals surface area contributed by atoms with E-state index in [1.54, 1.807) is 4.90 Å². The van der Waals surface area contributed by atoms with Crippen LogP contribution in [0.15, 0.2) is 24.3 Å². The molecule has 1 aromatic carbocycles. The quantitative estimate of drug-likeness (QED) is 0.868. The maximum Gasteiger partial charge on any atom is 0.317 e. The second-order valence-electron chi connectivity index (χ2n) is 6.45. The van der Waals surface area contributed by atoms with Gasteiger partial charge >= 0.3 is 12.0 Å². The molecule has 1 aliphatic carbocycles. The van der Waals surface area contributed by atoms with Gasteiger partial charge in [0.1, 0.15) is 0 Å². The number of halogens is 1. The Balaban J connectivity index is 1.56. The van der Waals surface area contributed by atoms with E-state index in [2.05, 4.69) is 5.32 Å². The van der Waals surface area contributed by atoms with Gasteiger partial charge in [0.2, 0.25) is 0 Å². The minimum atomic E-state index is -0.822. The lowest BCUT2D eigenvalue weighted by molar-refractivity contribution is -0.141. The highest BCUT2D eigenvalue weighted by atomic mass is 35.5. The van der Waals surface area contributed by atoms with Crippen LogP contribution in [0.2, 0.25) is 5.02 Å². The van der Waals surface area contributed by atoms with E-state index in [1.807, 2.05) is 24.3 Å². The van der Waals surface area contributed by atoms with Gasteiger partial charge in [-0.3, -0.25) is 4.79 Å². The molecule has 23 heavy (non-hydrogen) atoms. The topological polar surface area (TPSA) is 69.6 Å². The molecule has 1 saturated carbocycles. The van der Waals surface area contributed by atoms with Crippen molar-refractivity contribution in [3.63, 3.8) is 0 Å². The van der Waals surface area contributed by atoms with Crippen molar-refractivity contribution >= 4 is 23.6 Å². The zero-order valence-electron chi connectivity index (χ0n) is 12.9. The highest BCUT2D eigenvalue weighted by Gasteiger charge is 2.34. The number of nitrogens with one attached hydrogen (secondary N) is 1. The number of rotatable bonds is 5. The number of hydrogen-bond acceptors (Lipinski definition) is 2. The zero-order valence-corrected chi connectivity index (χ0v) is 13.6. The van der Waals surface area contributed by atoms with Crippen molar-refractivity contribution in [3.05, 3.63) is 34.9 Å². The third kappa shape index (κ3) is 3.96. The molecule has 2 unspecified atom stereocenters. The van der Waals surface area contributed by atoms with Crippen molar-refractivity contribution in [1.82, 2.24) is 10.2 Å². The van der Waals surface area contributed by atoms with E-state index in [1.165, 1.54) is 18.4 Å². The second-order valence-corrected chi connectivity index (χ2v) is 6.89. The number of likely N-dealkylation sites (tertiary alicyclic amines) is 1. The number of carboxylic acid groups (broad SMARTS) is 1. The van der Waals surface area contributed by atoms with Gasteiger partial charge in [0.25, 0.3) is 0 Å². The smallest absolute Gasteiger partial charge is 0.317 e. The van der Waals surface area contributed by atoms with Crippen LogP contribution in [-0.4, -0.2) is 41.6 Å². The van der Waals surface area contributed by atoms with Gasteiger partial charge in [-0.05, 0) is 42.9 Å². The molecule has 2 atom stereocenters. The molecule has 6 heteroatoms. The first-order chi connectivity index (χ1) is 11.0. The Morgan fingerprint density at radius 3 is 2.52 bits per heavy atom. The van der Waals surface area contributed by atoms with Crippen LogP contribution in [0.4, 0.5) is 4.79 Å². The van der Waals surface area contributed by atoms with Gasteiger partial charge in [0.05, 0.1) is 5.92 Å². The number of carboxylic acids is 1. The monoisotopic (exact) mass is 336 g/mol. The molecular weight excluding hydrogens is 316 g/mol. The van der Waals surface area contributed by atoms with Gasteiger partial charge in [-0.1, -0.05) is 23.7 Å². The summed E-state index contributed by atoms with van der Waals surface area (Å²) in [5.41, 5.74) is 1.20. The first-order valence-corrected chi connectivity index (χ1v) is 8.43. The van der Waals surface area contributed by atoms with Crippen molar-refractivity contribution in [2.75, 3.05) is 19.6 Å². The fourth-order valence-electron chi connectivity index (χ4n) is 3.22. The van der Waals surface area contributed by atoms with Crippen molar-refractivity contribution in [1.29, 1.82) is 0 Å². The molecule has 3 rings (SSSR count). The van der Waals surface area contributed by atoms with E-state index in [0.717, 1.165) is 0 Å². The van der Waals surface area contributed by atoms with Gasteiger partial charge < -0.3 is 15.3 Å². The fourth-order valence-corrected chi connectivity index (χ4v) is 3.35. The molecule has 124 valence electrons. The van der Waals surface area contributed by atoms with Crippen LogP contribution in [-0.2, 0) is 4.79 Å². The van der Waals surface area contributed by atoms with Crippen LogP contribution in [0.5, 0.6) is 0 Å². The lowest BCUT2D eigenvalue weighted by Gasteiger charge is -2.21. The van der Waals surface area contributed by atoms with E-state index in [-0.39, 0.29) is 6.03 Å². The number of carbonyl (C=O) groups is 2. The summed E-state index contributed by atoms with van der Waals surface area (Å²) in [5.74, 6) is -0.343. The lowest BCUT2D eigenvalue weighted by Crippen LogP contribution is -2.40. The van der Waals surface area contributed by atoms with E-state index in [9.17, 15) is 9.59 Å². The zero-order chi connectivity index (χ0) is 16.4. The molecule has 2 amide bonds. The Hall–Kier alpha value is -1.75. The number of urea groups is 1. The summed E-state index contributed by atoms with van der Waals surface area (Å²) >= 11 is 5.94. The Morgan fingerprint density at radius 1 is 1.26 bits per heavy atom. The number of nitrogens with zero attached hydrogens (tertiary/aromatic N) is 1. The van der Waals surface area contributed by atoms with E-state index < -0.39 is 11.9 Å². The van der Waals surface area contributed by atoms with Gasteiger partial charge in [0.15, 0.2) is 0 Å². The molecule has 1 aliphatic heterocycles. The first kappa shape index (κ1) is 16.1. The number of amides is 2. The van der Waals surface area contributed by atoms with Crippen LogP contribution in [0.25, 0.3) is 0 Å².